The Morgan fingerprint density at radius 2 is 0.765 bits per heavy atom. The molecule has 0 amide bonds. The molecule has 0 bridgehead atoms. The fraction of sp³-hybridized carbons (Fsp3) is 1.00. The first-order chi connectivity index (χ1) is 16.4. The Morgan fingerprint density at radius 3 is 0.971 bits per heavy atom. The predicted molar refractivity (Wildman–Crippen MR) is 154 cm³/mol. The summed E-state index contributed by atoms with van der Waals surface area (Å²) in [6.07, 6.45) is 30.1. The first kappa shape index (κ1) is 36.7. The van der Waals surface area contributed by atoms with Crippen molar-refractivity contribution in [3.63, 3.8) is 0 Å². The molecular formula is C28H62O4P2. The highest BCUT2D eigenvalue weighted by Crippen LogP contribution is 2.61. The molecule has 0 heterocycles. The van der Waals surface area contributed by atoms with E-state index in [4.69, 9.17) is 0 Å². The molecule has 0 aromatic heterocycles. The second kappa shape index (κ2) is 26.6. The molecule has 208 valence electrons. The predicted octanol–water partition coefficient (Wildman–Crippen LogP) is 9.85. The Labute approximate surface area is 215 Å². The van der Waals surface area contributed by atoms with E-state index in [-0.39, 0.29) is 13.2 Å². The first-order valence-corrected chi connectivity index (χ1v) is 18.8. The Balaban J connectivity index is 0. The molecule has 0 aliphatic carbocycles. The number of phosphoric ester groups is 1. The zero-order valence-corrected chi connectivity index (χ0v) is 25.9. The van der Waals surface area contributed by atoms with Gasteiger partial charge in [0.15, 0.2) is 0 Å². The summed E-state index contributed by atoms with van der Waals surface area (Å²) in [5, 5.41) is 0. The lowest BCUT2D eigenvalue weighted by atomic mass is 10.2. The van der Waals surface area contributed by atoms with Gasteiger partial charge in [0.25, 0.3) is 7.82 Å². The van der Waals surface area contributed by atoms with Crippen LogP contribution >= 0.6 is 15.1 Å². The van der Waals surface area contributed by atoms with Gasteiger partial charge in [-0.3, -0.25) is 4.57 Å². The van der Waals surface area contributed by atoms with E-state index in [2.05, 4.69) is 36.7 Å². The van der Waals surface area contributed by atoms with Crippen molar-refractivity contribution in [2.75, 3.05) is 37.9 Å². The average molecular weight is 525 g/mol. The summed E-state index contributed by atoms with van der Waals surface area (Å²) in [5.74, 6) is 0. The molecule has 0 aliphatic heterocycles. The van der Waals surface area contributed by atoms with Gasteiger partial charge in [0.05, 0.1) is 37.9 Å². The molecule has 0 saturated carbocycles. The second-order valence-electron chi connectivity index (χ2n) is 9.76. The normalized spacial score (nSPS) is 12.0. The molecule has 0 unspecified atom stereocenters. The summed E-state index contributed by atoms with van der Waals surface area (Å²) in [5.41, 5.74) is 0. The highest BCUT2D eigenvalue weighted by Gasteiger charge is 2.34. The molecule has 0 rings (SSSR count). The van der Waals surface area contributed by atoms with E-state index in [9.17, 15) is 9.46 Å². The lowest BCUT2D eigenvalue weighted by molar-refractivity contribution is -0.224. The maximum Gasteiger partial charge on any atom is 0.267 e. The number of phosphoric acid groups is 1. The topological polar surface area (TPSA) is 58.6 Å². The maximum atomic E-state index is 10.4. The molecule has 4 nitrogen and oxygen atoms in total. The lowest BCUT2D eigenvalue weighted by Crippen LogP contribution is -2.13. The molecule has 6 heteroatoms. The average Bonchev–Trinajstić information content (AvgIpc) is 2.80. The fourth-order valence-corrected chi connectivity index (χ4v) is 10.1. The van der Waals surface area contributed by atoms with Crippen molar-refractivity contribution in [2.24, 2.45) is 0 Å². The SMILES string of the molecule is CCCCCC[P+](CCCCCC)(CCCCCC)CCCCCC.CCOP(=O)([O-])OCC. The molecule has 0 spiro atoms. The van der Waals surface area contributed by atoms with Gasteiger partial charge in [-0.15, -0.1) is 0 Å². The summed E-state index contributed by atoms with van der Waals surface area (Å²) in [7, 11) is -4.60. The van der Waals surface area contributed by atoms with Gasteiger partial charge in [-0.05, 0) is 65.2 Å². The zero-order valence-electron chi connectivity index (χ0n) is 24.1. The van der Waals surface area contributed by atoms with E-state index < -0.39 is 15.1 Å². The van der Waals surface area contributed by atoms with Gasteiger partial charge < -0.3 is 13.9 Å². The van der Waals surface area contributed by atoms with Crippen LogP contribution in [0.2, 0.25) is 0 Å². The molecule has 0 aromatic carbocycles. The van der Waals surface area contributed by atoms with Crippen LogP contribution in [0.25, 0.3) is 0 Å². The van der Waals surface area contributed by atoms with Crippen LogP contribution in [0.4, 0.5) is 0 Å². The van der Waals surface area contributed by atoms with E-state index in [1.165, 1.54) is 103 Å². The van der Waals surface area contributed by atoms with Crippen LogP contribution in [0.5, 0.6) is 0 Å². The van der Waals surface area contributed by atoms with Gasteiger partial charge in [-0.2, -0.15) is 0 Å². The molecule has 0 atom stereocenters. The molecule has 0 fully saturated rings. The fourth-order valence-electron chi connectivity index (χ4n) is 4.52. The van der Waals surface area contributed by atoms with Crippen LogP contribution in [0, 0.1) is 0 Å². The Morgan fingerprint density at radius 1 is 0.500 bits per heavy atom. The van der Waals surface area contributed by atoms with Crippen LogP contribution in [0.15, 0.2) is 0 Å². The van der Waals surface area contributed by atoms with E-state index in [1.54, 1.807) is 38.5 Å². The molecule has 0 saturated heterocycles. The quantitative estimate of drug-likeness (QED) is 0.0931. The van der Waals surface area contributed by atoms with E-state index in [0.29, 0.717) is 0 Å². The van der Waals surface area contributed by atoms with Crippen LogP contribution in [0.3, 0.4) is 0 Å². The highest BCUT2D eigenvalue weighted by atomic mass is 31.2. The third kappa shape index (κ3) is 24.2. The standard InChI is InChI=1S/C24H52P.C4H11O4P/c1-5-9-13-17-21-25(22-18-14-10-6-2,23-19-15-11-7-3)24-20-16-12-8-4;1-3-7-9(5,6)8-4-2/h5-24H2,1-4H3;3-4H2,1-2H3,(H,5,6)/q+1;/p-1. The smallest absolute Gasteiger partial charge is 0.267 e. The molecule has 0 radical (unpaired) electrons. The van der Waals surface area contributed by atoms with Gasteiger partial charge in [-0.25, -0.2) is 0 Å². The summed E-state index contributed by atoms with van der Waals surface area (Å²) in [4.78, 5) is 10.4. The number of hydrogen-bond donors (Lipinski definition) is 0. The molecule has 0 aliphatic rings. The molecule has 34 heavy (non-hydrogen) atoms. The van der Waals surface area contributed by atoms with Crippen molar-refractivity contribution in [3.8, 4) is 0 Å². The maximum absolute atomic E-state index is 10.4. The molecule has 0 N–H and O–H groups in total. The lowest BCUT2D eigenvalue weighted by Gasteiger charge is -2.28. The minimum Gasteiger partial charge on any atom is -0.756 e. The summed E-state index contributed by atoms with van der Waals surface area (Å²) >= 11 is 0. The van der Waals surface area contributed by atoms with Crippen molar-refractivity contribution >= 4 is 15.1 Å². The van der Waals surface area contributed by atoms with Crippen molar-refractivity contribution in [3.05, 3.63) is 0 Å². The zero-order chi connectivity index (χ0) is 26.0. The van der Waals surface area contributed by atoms with Crippen LogP contribution in [-0.4, -0.2) is 37.9 Å². The molecule has 0 aromatic rings. The third-order valence-electron chi connectivity index (χ3n) is 6.52. The Hall–Kier alpha value is 0.540. The van der Waals surface area contributed by atoms with Crippen molar-refractivity contribution in [1.82, 2.24) is 0 Å². The van der Waals surface area contributed by atoms with Crippen molar-refractivity contribution < 1.29 is 18.5 Å². The number of rotatable bonds is 24. The Bertz CT molecular complexity index is 383. The Kier molecular flexibility index (Phi) is 28.7. The minimum absolute atomic E-state index is 0.126. The second-order valence-corrected chi connectivity index (χ2v) is 15.6. The van der Waals surface area contributed by atoms with E-state index in [0.717, 1.165) is 0 Å². The van der Waals surface area contributed by atoms with Gasteiger partial charge in [0.1, 0.15) is 0 Å². The van der Waals surface area contributed by atoms with E-state index >= 15 is 0 Å². The largest absolute Gasteiger partial charge is 0.756 e. The van der Waals surface area contributed by atoms with Gasteiger partial charge in [-0.1, -0.05) is 79.1 Å². The van der Waals surface area contributed by atoms with Crippen LogP contribution in [-0.2, 0) is 13.6 Å². The van der Waals surface area contributed by atoms with Crippen LogP contribution in [0.1, 0.15) is 144 Å². The van der Waals surface area contributed by atoms with E-state index in [1.807, 2.05) is 0 Å². The highest BCUT2D eigenvalue weighted by molar-refractivity contribution is 7.75. The van der Waals surface area contributed by atoms with Gasteiger partial charge in [0, 0.05) is 7.26 Å². The summed E-state index contributed by atoms with van der Waals surface area (Å²) in [6, 6.07) is 0. The van der Waals surface area contributed by atoms with Gasteiger partial charge in [0.2, 0.25) is 0 Å². The van der Waals surface area contributed by atoms with Gasteiger partial charge >= 0.3 is 0 Å². The van der Waals surface area contributed by atoms with Crippen molar-refractivity contribution in [1.29, 1.82) is 0 Å². The molecular weight excluding hydrogens is 462 g/mol. The number of unbranched alkanes of at least 4 members (excludes halogenated alkanes) is 12. The summed E-state index contributed by atoms with van der Waals surface area (Å²) in [6.45, 7) is 12.8. The summed E-state index contributed by atoms with van der Waals surface area (Å²) < 4.78 is 18.9. The minimum atomic E-state index is -3.94. The monoisotopic (exact) mass is 524 g/mol. The first-order valence-electron chi connectivity index (χ1n) is 14.8. The number of hydrogen-bond acceptors (Lipinski definition) is 4. The van der Waals surface area contributed by atoms with Crippen LogP contribution < -0.4 is 4.89 Å². The third-order valence-corrected chi connectivity index (χ3v) is 12.7. The van der Waals surface area contributed by atoms with Crippen molar-refractivity contribution in [2.45, 2.75) is 144 Å².